The molecule has 0 unspecified atom stereocenters. The van der Waals surface area contributed by atoms with Crippen molar-refractivity contribution in [2.24, 2.45) is 0 Å². The van der Waals surface area contributed by atoms with Gasteiger partial charge in [0.05, 0.1) is 5.69 Å². The first-order valence-corrected chi connectivity index (χ1v) is 3.93. The first-order chi connectivity index (χ1) is 5.77. The van der Waals surface area contributed by atoms with Crippen molar-refractivity contribution < 1.29 is 0 Å². The number of nitrogens with one attached hydrogen (secondary N) is 1. The Kier molecular flexibility index (Phi) is 1.62. The molecule has 0 aliphatic carbocycles. The van der Waals surface area contributed by atoms with Crippen molar-refractivity contribution in [2.75, 3.05) is 5.32 Å². The van der Waals surface area contributed by atoms with Crippen molar-refractivity contribution in [1.29, 1.82) is 0 Å². The number of halogens is 1. The van der Waals surface area contributed by atoms with Crippen LogP contribution < -0.4 is 5.32 Å². The van der Waals surface area contributed by atoms with Gasteiger partial charge in [-0.1, -0.05) is 18.2 Å². The van der Waals surface area contributed by atoms with E-state index >= 15 is 0 Å². The molecule has 0 atom stereocenters. The summed E-state index contributed by atoms with van der Waals surface area (Å²) in [5.41, 5.74) is 2.91. The Morgan fingerprint density at radius 3 is 3.17 bits per heavy atom. The Hall–Kier alpha value is -1.28. The van der Waals surface area contributed by atoms with Crippen LogP contribution in [0, 0.1) is 0 Å². The number of hydrogen-bond donors (Lipinski definition) is 1. The summed E-state index contributed by atoms with van der Waals surface area (Å²) < 4.78 is 0. The largest absolute Gasteiger partial charge is 0.361 e. The molecule has 60 valence electrons. The molecule has 1 aliphatic rings. The molecule has 1 N–H and O–H groups in total. The second-order valence-electron chi connectivity index (χ2n) is 2.56. The van der Waals surface area contributed by atoms with Crippen LogP contribution in [0.5, 0.6) is 0 Å². The van der Waals surface area contributed by atoms with E-state index in [2.05, 4.69) is 16.9 Å². The third-order valence-electron chi connectivity index (χ3n) is 1.74. The summed E-state index contributed by atoms with van der Waals surface area (Å²) in [5.74, 6) is 0. The summed E-state index contributed by atoms with van der Waals surface area (Å²) in [4.78, 5) is 3.97. The molecule has 0 fully saturated rings. The molecule has 0 radical (unpaired) electrons. The second-order valence-corrected chi connectivity index (χ2v) is 2.94. The van der Waals surface area contributed by atoms with Crippen molar-refractivity contribution in [1.82, 2.24) is 4.98 Å². The van der Waals surface area contributed by atoms with Gasteiger partial charge >= 0.3 is 0 Å². The number of allylic oxidation sites excluding steroid dienone is 2. The number of nitrogens with zero attached hydrogens (tertiary/aromatic N) is 1. The fourth-order valence-corrected chi connectivity index (χ4v) is 1.28. The molecule has 1 aromatic rings. The van der Waals surface area contributed by atoms with E-state index in [1.165, 1.54) is 0 Å². The Bertz CT molecular complexity index is 369. The quantitative estimate of drug-likeness (QED) is 0.618. The number of pyridine rings is 1. The number of hydrogen-bond acceptors (Lipinski definition) is 2. The molecule has 0 saturated heterocycles. The highest BCUT2D eigenvalue weighted by molar-refractivity contribution is 6.29. The summed E-state index contributed by atoms with van der Waals surface area (Å²) in [5, 5.41) is 3.56. The molecular formula is C9H7ClN2. The van der Waals surface area contributed by atoms with Crippen LogP contribution in [-0.2, 0) is 0 Å². The number of fused-ring (bicyclic) bond motifs is 1. The van der Waals surface area contributed by atoms with Crippen LogP contribution in [0.25, 0.3) is 5.57 Å². The van der Waals surface area contributed by atoms with Gasteiger partial charge in [0.15, 0.2) is 0 Å². The number of rotatable bonds is 0. The Balaban J connectivity index is 2.58. The fourth-order valence-electron chi connectivity index (χ4n) is 1.13. The summed E-state index contributed by atoms with van der Waals surface area (Å²) in [6.45, 7) is 3.88. The lowest BCUT2D eigenvalue weighted by Gasteiger charge is -2.13. The normalized spacial score (nSPS) is 13.9. The molecule has 2 heterocycles. The zero-order chi connectivity index (χ0) is 8.55. The van der Waals surface area contributed by atoms with Gasteiger partial charge in [-0.05, 0) is 17.7 Å². The predicted molar refractivity (Wildman–Crippen MR) is 51.0 cm³/mol. The first-order valence-electron chi connectivity index (χ1n) is 3.55. The Morgan fingerprint density at radius 1 is 1.50 bits per heavy atom. The highest BCUT2D eigenvalue weighted by Gasteiger charge is 2.07. The molecule has 0 amide bonds. The molecule has 0 aromatic carbocycles. The van der Waals surface area contributed by atoms with Crippen LogP contribution in [0.1, 0.15) is 5.56 Å². The van der Waals surface area contributed by atoms with Crippen molar-refractivity contribution in [3.8, 4) is 0 Å². The molecule has 3 heteroatoms. The molecule has 2 nitrogen and oxygen atoms in total. The van der Waals surface area contributed by atoms with E-state index in [1.807, 2.05) is 12.3 Å². The molecule has 12 heavy (non-hydrogen) atoms. The van der Waals surface area contributed by atoms with Crippen LogP contribution in [0.15, 0.2) is 31.1 Å². The third-order valence-corrected chi connectivity index (χ3v) is 1.95. The molecule has 1 aliphatic heterocycles. The van der Waals surface area contributed by atoms with E-state index < -0.39 is 0 Å². The van der Waals surface area contributed by atoms with Gasteiger partial charge in [-0.3, -0.25) is 0 Å². The molecule has 0 spiro atoms. The van der Waals surface area contributed by atoms with Crippen LogP contribution in [0.4, 0.5) is 5.69 Å². The zero-order valence-corrected chi connectivity index (χ0v) is 7.10. The average molecular weight is 179 g/mol. The second kappa shape index (κ2) is 2.64. The molecule has 0 bridgehead atoms. The molecule has 0 saturated carbocycles. The van der Waals surface area contributed by atoms with E-state index in [-0.39, 0.29) is 0 Å². The van der Waals surface area contributed by atoms with Crippen LogP contribution >= 0.6 is 11.6 Å². The topological polar surface area (TPSA) is 24.9 Å². The van der Waals surface area contributed by atoms with Gasteiger partial charge in [0.1, 0.15) is 5.15 Å². The van der Waals surface area contributed by atoms with E-state index in [4.69, 9.17) is 11.6 Å². The van der Waals surface area contributed by atoms with Crippen LogP contribution in [0.2, 0.25) is 5.15 Å². The molecular weight excluding hydrogens is 172 g/mol. The Morgan fingerprint density at radius 2 is 2.33 bits per heavy atom. The third kappa shape index (κ3) is 1.10. The van der Waals surface area contributed by atoms with Gasteiger partial charge in [-0.2, -0.15) is 0 Å². The van der Waals surface area contributed by atoms with Gasteiger partial charge in [0.25, 0.3) is 0 Å². The minimum absolute atomic E-state index is 0.490. The minimum Gasteiger partial charge on any atom is -0.361 e. The van der Waals surface area contributed by atoms with Gasteiger partial charge < -0.3 is 5.32 Å². The van der Waals surface area contributed by atoms with E-state index in [9.17, 15) is 0 Å². The van der Waals surface area contributed by atoms with Crippen molar-refractivity contribution in [3.63, 3.8) is 0 Å². The lowest BCUT2D eigenvalue weighted by Crippen LogP contribution is -1.99. The van der Waals surface area contributed by atoms with E-state index in [0.29, 0.717) is 5.15 Å². The van der Waals surface area contributed by atoms with Crippen molar-refractivity contribution in [2.45, 2.75) is 0 Å². The lowest BCUT2D eigenvalue weighted by atomic mass is 10.1. The monoisotopic (exact) mass is 178 g/mol. The maximum absolute atomic E-state index is 5.72. The van der Waals surface area contributed by atoms with Gasteiger partial charge in [0, 0.05) is 18.0 Å². The number of aromatic nitrogens is 1. The SMILES string of the molecule is C=C1C=CNc2cc(Cl)ncc21. The summed E-state index contributed by atoms with van der Waals surface area (Å²) >= 11 is 5.72. The standard InChI is InChI=1S/C9H7ClN2/c1-6-2-3-11-8-4-9(10)12-5-7(6)8/h2-5,11H,1H2. The Labute approximate surface area is 75.6 Å². The molecule has 2 rings (SSSR count). The van der Waals surface area contributed by atoms with Crippen LogP contribution in [0.3, 0.4) is 0 Å². The predicted octanol–water partition coefficient (Wildman–Crippen LogP) is 2.69. The van der Waals surface area contributed by atoms with E-state index in [0.717, 1.165) is 16.8 Å². The highest BCUT2D eigenvalue weighted by atomic mass is 35.5. The summed E-state index contributed by atoms with van der Waals surface area (Å²) in [6, 6.07) is 1.78. The number of anilines is 1. The van der Waals surface area contributed by atoms with Gasteiger partial charge in [-0.15, -0.1) is 0 Å². The van der Waals surface area contributed by atoms with Gasteiger partial charge in [0.2, 0.25) is 0 Å². The smallest absolute Gasteiger partial charge is 0.131 e. The maximum atomic E-state index is 5.72. The lowest BCUT2D eigenvalue weighted by molar-refractivity contribution is 1.30. The minimum atomic E-state index is 0.490. The van der Waals surface area contributed by atoms with Crippen molar-refractivity contribution >= 4 is 22.9 Å². The average Bonchev–Trinajstić information content (AvgIpc) is 2.04. The first kappa shape index (κ1) is 7.37. The van der Waals surface area contributed by atoms with Crippen LogP contribution in [-0.4, -0.2) is 4.98 Å². The highest BCUT2D eigenvalue weighted by Crippen LogP contribution is 2.28. The van der Waals surface area contributed by atoms with Crippen molar-refractivity contribution in [3.05, 3.63) is 41.8 Å². The van der Waals surface area contributed by atoms with Gasteiger partial charge in [-0.25, -0.2) is 4.98 Å². The zero-order valence-electron chi connectivity index (χ0n) is 6.34. The summed E-state index contributed by atoms with van der Waals surface area (Å²) in [7, 11) is 0. The van der Waals surface area contributed by atoms with E-state index in [1.54, 1.807) is 12.3 Å². The maximum Gasteiger partial charge on any atom is 0.131 e. The molecule has 1 aromatic heterocycles. The fraction of sp³-hybridized carbons (Fsp3) is 0. The summed E-state index contributed by atoms with van der Waals surface area (Å²) in [6.07, 6.45) is 5.45.